The first-order valence-electron chi connectivity index (χ1n) is 8.91. The fourth-order valence-corrected chi connectivity index (χ4v) is 4.06. The van der Waals surface area contributed by atoms with Crippen molar-refractivity contribution in [3.8, 4) is 17.3 Å². The van der Waals surface area contributed by atoms with Crippen molar-refractivity contribution in [3.05, 3.63) is 23.9 Å². The lowest BCUT2D eigenvalue weighted by Crippen LogP contribution is -2.47. The van der Waals surface area contributed by atoms with Gasteiger partial charge in [-0.2, -0.15) is 4.98 Å². The number of anilines is 2. The summed E-state index contributed by atoms with van der Waals surface area (Å²) in [7, 11) is 0. The number of nitrogen functional groups attached to an aromatic ring is 1. The molecule has 25 heavy (non-hydrogen) atoms. The second-order valence-corrected chi connectivity index (χ2v) is 6.91. The van der Waals surface area contributed by atoms with Gasteiger partial charge < -0.3 is 20.1 Å². The fourth-order valence-electron chi connectivity index (χ4n) is 4.06. The Kier molecular flexibility index (Phi) is 3.48. The molecule has 2 bridgehead atoms. The smallest absolute Gasteiger partial charge is 0.222 e. The summed E-state index contributed by atoms with van der Waals surface area (Å²) in [6.45, 7) is 2.25. The third-order valence-electron chi connectivity index (χ3n) is 5.29. The first kappa shape index (κ1) is 14.9. The number of nitrogens with two attached hydrogens (primary N) is 1. The molecule has 2 aromatic rings. The van der Waals surface area contributed by atoms with Crippen molar-refractivity contribution in [2.24, 2.45) is 0 Å². The highest BCUT2D eigenvalue weighted by Gasteiger charge is 2.40. The number of rotatable bonds is 2. The minimum atomic E-state index is 0.400. The van der Waals surface area contributed by atoms with E-state index in [-0.39, 0.29) is 0 Å². The summed E-state index contributed by atoms with van der Waals surface area (Å²) in [6, 6.07) is 4.48. The third kappa shape index (κ3) is 2.50. The zero-order valence-electron chi connectivity index (χ0n) is 14.0. The molecule has 5 heterocycles. The normalized spacial score (nSPS) is 24.7. The van der Waals surface area contributed by atoms with E-state index in [1.807, 2.05) is 6.07 Å². The molecule has 130 valence electrons. The summed E-state index contributed by atoms with van der Waals surface area (Å²) in [5.74, 6) is 2.87. The lowest BCUT2D eigenvalue weighted by Gasteiger charge is -2.37. The maximum Gasteiger partial charge on any atom is 0.222 e. The number of nitrogens with zero attached hydrogens (tertiary/aromatic N) is 4. The Labute approximate surface area is 146 Å². The number of aromatic nitrogens is 3. The minimum Gasteiger partial charge on any atom is -0.477 e. The number of fused-ring (bicyclic) bond motifs is 3. The van der Waals surface area contributed by atoms with Gasteiger partial charge >= 0.3 is 0 Å². The molecular weight excluding hydrogens is 318 g/mol. The third-order valence-corrected chi connectivity index (χ3v) is 5.29. The lowest BCUT2D eigenvalue weighted by atomic mass is 10.1. The van der Waals surface area contributed by atoms with Crippen molar-refractivity contribution in [2.75, 3.05) is 30.5 Å². The standard InChI is InChI=1S/C18H21N5O2/c19-15-6-3-11(8-20-15)16-21-17(14-2-1-7-25-18(14)22-16)23-12-4-5-13(23)10-24-9-12/h3,6,8,12-13H,1-2,4-5,7,9-10H2,(H2,19,20)/t12-,13+. The Hall–Kier alpha value is -2.41. The van der Waals surface area contributed by atoms with Crippen LogP contribution < -0.4 is 15.4 Å². The predicted molar refractivity (Wildman–Crippen MR) is 93.6 cm³/mol. The summed E-state index contributed by atoms with van der Waals surface area (Å²) in [5.41, 5.74) is 7.70. The van der Waals surface area contributed by atoms with Crippen LogP contribution in [0.1, 0.15) is 24.8 Å². The monoisotopic (exact) mass is 339 g/mol. The molecule has 3 aliphatic rings. The molecule has 0 aliphatic carbocycles. The van der Waals surface area contributed by atoms with Gasteiger partial charge in [0.15, 0.2) is 5.82 Å². The largest absolute Gasteiger partial charge is 0.477 e. The van der Waals surface area contributed by atoms with Crippen molar-refractivity contribution in [3.63, 3.8) is 0 Å². The maximum absolute atomic E-state index is 5.88. The molecule has 0 radical (unpaired) electrons. The highest BCUT2D eigenvalue weighted by atomic mass is 16.5. The molecule has 2 aromatic heterocycles. The Balaban J connectivity index is 1.64. The van der Waals surface area contributed by atoms with Crippen molar-refractivity contribution >= 4 is 11.6 Å². The van der Waals surface area contributed by atoms with Gasteiger partial charge in [0.05, 0.1) is 37.5 Å². The fraction of sp³-hybridized carbons (Fsp3) is 0.500. The van der Waals surface area contributed by atoms with Crippen molar-refractivity contribution < 1.29 is 9.47 Å². The highest BCUT2D eigenvalue weighted by molar-refractivity contribution is 5.63. The molecule has 3 aliphatic heterocycles. The second-order valence-electron chi connectivity index (χ2n) is 6.91. The van der Waals surface area contributed by atoms with E-state index in [4.69, 9.17) is 20.2 Å². The Morgan fingerprint density at radius 2 is 1.96 bits per heavy atom. The molecule has 7 nitrogen and oxygen atoms in total. The maximum atomic E-state index is 5.88. The van der Waals surface area contributed by atoms with E-state index in [1.54, 1.807) is 12.3 Å². The molecule has 0 unspecified atom stereocenters. The topological polar surface area (TPSA) is 86.4 Å². The lowest BCUT2D eigenvalue weighted by molar-refractivity contribution is 0.0900. The zero-order valence-corrected chi connectivity index (χ0v) is 14.0. The zero-order chi connectivity index (χ0) is 16.8. The first-order chi connectivity index (χ1) is 12.3. The quantitative estimate of drug-likeness (QED) is 0.893. The Morgan fingerprint density at radius 3 is 2.72 bits per heavy atom. The van der Waals surface area contributed by atoms with Crippen LogP contribution in [0.4, 0.5) is 11.6 Å². The van der Waals surface area contributed by atoms with Crippen LogP contribution >= 0.6 is 0 Å². The van der Waals surface area contributed by atoms with E-state index < -0.39 is 0 Å². The van der Waals surface area contributed by atoms with Gasteiger partial charge in [-0.25, -0.2) is 9.97 Å². The molecule has 7 heteroatoms. The van der Waals surface area contributed by atoms with E-state index in [2.05, 4.69) is 14.9 Å². The van der Waals surface area contributed by atoms with Crippen LogP contribution in [-0.2, 0) is 11.2 Å². The van der Waals surface area contributed by atoms with Gasteiger partial charge in [-0.15, -0.1) is 0 Å². The van der Waals surface area contributed by atoms with Gasteiger partial charge in [0.25, 0.3) is 0 Å². The summed E-state index contributed by atoms with van der Waals surface area (Å²) in [5, 5.41) is 0. The number of ether oxygens (including phenoxy) is 2. The summed E-state index contributed by atoms with van der Waals surface area (Å²) in [6.07, 6.45) is 6.00. The van der Waals surface area contributed by atoms with Crippen LogP contribution in [0.15, 0.2) is 18.3 Å². The van der Waals surface area contributed by atoms with Crippen molar-refractivity contribution in [1.29, 1.82) is 0 Å². The van der Waals surface area contributed by atoms with E-state index in [0.29, 0.717) is 36.2 Å². The van der Waals surface area contributed by atoms with E-state index >= 15 is 0 Å². The molecule has 0 spiro atoms. The SMILES string of the molecule is Nc1ccc(-c2nc3c(c(N4[C@@H]5CC[C@H]4COC5)n2)CCCO3)cn1. The van der Waals surface area contributed by atoms with E-state index in [1.165, 1.54) is 0 Å². The van der Waals surface area contributed by atoms with Crippen LogP contribution in [0.2, 0.25) is 0 Å². The van der Waals surface area contributed by atoms with Crippen LogP contribution in [0.25, 0.3) is 11.4 Å². The molecule has 0 aromatic carbocycles. The summed E-state index contributed by atoms with van der Waals surface area (Å²) >= 11 is 0. The molecule has 2 N–H and O–H groups in total. The van der Waals surface area contributed by atoms with Crippen LogP contribution in [-0.4, -0.2) is 46.9 Å². The summed E-state index contributed by atoms with van der Waals surface area (Å²) < 4.78 is 11.6. The van der Waals surface area contributed by atoms with Crippen LogP contribution in [0.3, 0.4) is 0 Å². The van der Waals surface area contributed by atoms with Gasteiger partial charge in [-0.05, 0) is 37.8 Å². The van der Waals surface area contributed by atoms with Crippen LogP contribution in [0.5, 0.6) is 5.88 Å². The van der Waals surface area contributed by atoms with Crippen LogP contribution in [0, 0.1) is 0 Å². The molecular formula is C18H21N5O2. The number of morpholine rings is 1. The molecule has 2 saturated heterocycles. The number of pyridine rings is 1. The average molecular weight is 339 g/mol. The first-order valence-corrected chi connectivity index (χ1v) is 8.91. The number of hydrogen-bond acceptors (Lipinski definition) is 7. The molecule has 5 rings (SSSR count). The van der Waals surface area contributed by atoms with Gasteiger partial charge in [0, 0.05) is 11.8 Å². The van der Waals surface area contributed by atoms with Gasteiger partial charge in [-0.3, -0.25) is 0 Å². The molecule has 2 atom stereocenters. The number of hydrogen-bond donors (Lipinski definition) is 1. The predicted octanol–water partition coefficient (Wildman–Crippen LogP) is 1.81. The summed E-state index contributed by atoms with van der Waals surface area (Å²) in [4.78, 5) is 16.2. The van der Waals surface area contributed by atoms with Gasteiger partial charge in [0.1, 0.15) is 11.6 Å². The minimum absolute atomic E-state index is 0.400. The van der Waals surface area contributed by atoms with E-state index in [9.17, 15) is 0 Å². The molecule has 0 saturated carbocycles. The molecule has 0 amide bonds. The van der Waals surface area contributed by atoms with Crippen molar-refractivity contribution in [2.45, 2.75) is 37.8 Å². The van der Waals surface area contributed by atoms with E-state index in [0.717, 1.165) is 55.8 Å². The van der Waals surface area contributed by atoms with Gasteiger partial charge in [0.2, 0.25) is 5.88 Å². The Bertz CT molecular complexity index is 779. The second kappa shape index (κ2) is 5.84. The molecule has 2 fully saturated rings. The Morgan fingerprint density at radius 1 is 1.12 bits per heavy atom. The van der Waals surface area contributed by atoms with Crippen molar-refractivity contribution in [1.82, 2.24) is 15.0 Å². The average Bonchev–Trinajstić information content (AvgIpc) is 2.89. The highest BCUT2D eigenvalue weighted by Crippen LogP contribution is 2.39. The van der Waals surface area contributed by atoms with Gasteiger partial charge in [-0.1, -0.05) is 0 Å².